The Kier molecular flexibility index (Phi) is 4.71. The molecule has 1 aliphatic heterocycles. The van der Waals surface area contributed by atoms with Crippen LogP contribution in [0.1, 0.15) is 26.7 Å². The van der Waals surface area contributed by atoms with Crippen LogP contribution in [0.5, 0.6) is 0 Å². The summed E-state index contributed by atoms with van der Waals surface area (Å²) in [6.45, 7) is 4.67. The zero-order chi connectivity index (χ0) is 11.3. The highest BCUT2D eigenvalue weighted by Gasteiger charge is 2.33. The topological polar surface area (TPSA) is 61.8 Å². The molecule has 0 N–H and O–H groups in total. The molecule has 0 aromatic carbocycles. The first-order valence-electron chi connectivity index (χ1n) is 5.14. The van der Waals surface area contributed by atoms with E-state index in [0.717, 1.165) is 0 Å². The Hall–Kier alpha value is -0.940. The molecule has 86 valence electrons. The Balaban J connectivity index is 2.56. The monoisotopic (exact) mass is 216 g/mol. The van der Waals surface area contributed by atoms with Crippen LogP contribution in [0, 0.1) is 5.92 Å². The van der Waals surface area contributed by atoms with Gasteiger partial charge < -0.3 is 14.2 Å². The van der Waals surface area contributed by atoms with Crippen LogP contribution in [0.4, 0.5) is 0 Å². The predicted molar refractivity (Wildman–Crippen MR) is 50.9 cm³/mol. The largest absolute Gasteiger partial charge is 0.393 e. The van der Waals surface area contributed by atoms with E-state index >= 15 is 0 Å². The van der Waals surface area contributed by atoms with Crippen LogP contribution in [0.15, 0.2) is 0 Å². The molecule has 1 rings (SSSR count). The van der Waals surface area contributed by atoms with Gasteiger partial charge in [0.15, 0.2) is 6.29 Å². The Morgan fingerprint density at radius 3 is 2.07 bits per heavy atom. The first kappa shape index (κ1) is 12.1. The number of hydrogen-bond donors (Lipinski definition) is 0. The molecule has 0 aromatic rings. The van der Waals surface area contributed by atoms with Gasteiger partial charge in [0.05, 0.1) is 12.8 Å². The van der Waals surface area contributed by atoms with Crippen molar-refractivity contribution in [3.8, 4) is 0 Å². The quantitative estimate of drug-likeness (QED) is 0.387. The van der Waals surface area contributed by atoms with Crippen LogP contribution in [0.3, 0.4) is 0 Å². The van der Waals surface area contributed by atoms with Crippen molar-refractivity contribution in [2.45, 2.75) is 33.0 Å². The summed E-state index contributed by atoms with van der Waals surface area (Å²) in [7, 11) is 0. The van der Waals surface area contributed by atoms with Gasteiger partial charge >= 0.3 is 11.9 Å². The van der Waals surface area contributed by atoms with E-state index in [9.17, 15) is 9.59 Å². The Labute approximate surface area is 88.7 Å². The molecule has 0 aromatic heterocycles. The SMILES string of the molecule is CCOC(OCC)C1CC(=O)OC(=O)C1. The minimum atomic E-state index is -0.499. The molecule has 0 saturated carbocycles. The van der Waals surface area contributed by atoms with Gasteiger partial charge in [0.25, 0.3) is 0 Å². The molecule has 0 radical (unpaired) electrons. The van der Waals surface area contributed by atoms with Crippen molar-refractivity contribution < 1.29 is 23.8 Å². The number of ether oxygens (including phenoxy) is 3. The summed E-state index contributed by atoms with van der Waals surface area (Å²) < 4.78 is 15.1. The van der Waals surface area contributed by atoms with E-state index in [1.165, 1.54) is 0 Å². The summed E-state index contributed by atoms with van der Waals surface area (Å²) in [6.07, 6.45) is -0.135. The van der Waals surface area contributed by atoms with Crippen molar-refractivity contribution in [2.75, 3.05) is 13.2 Å². The Morgan fingerprint density at radius 2 is 1.67 bits per heavy atom. The Bertz CT molecular complexity index is 216. The molecular formula is C10H16O5. The van der Waals surface area contributed by atoms with Crippen LogP contribution in [0.2, 0.25) is 0 Å². The van der Waals surface area contributed by atoms with E-state index in [1.54, 1.807) is 0 Å². The van der Waals surface area contributed by atoms with Gasteiger partial charge in [-0.25, -0.2) is 0 Å². The summed E-state index contributed by atoms with van der Waals surface area (Å²) >= 11 is 0. The van der Waals surface area contributed by atoms with Gasteiger partial charge in [-0.05, 0) is 13.8 Å². The lowest BCUT2D eigenvalue weighted by Crippen LogP contribution is -2.36. The lowest BCUT2D eigenvalue weighted by molar-refractivity contribution is -0.192. The molecule has 1 fully saturated rings. The van der Waals surface area contributed by atoms with E-state index in [-0.39, 0.29) is 18.8 Å². The first-order chi connectivity index (χ1) is 7.17. The van der Waals surface area contributed by atoms with Crippen LogP contribution in [-0.2, 0) is 23.8 Å². The number of esters is 2. The minimum absolute atomic E-state index is 0.177. The molecule has 0 spiro atoms. The smallest absolute Gasteiger partial charge is 0.313 e. The molecular weight excluding hydrogens is 200 g/mol. The van der Waals surface area contributed by atoms with Crippen molar-refractivity contribution in [1.82, 2.24) is 0 Å². The van der Waals surface area contributed by atoms with Crippen molar-refractivity contribution in [1.29, 1.82) is 0 Å². The zero-order valence-corrected chi connectivity index (χ0v) is 9.02. The van der Waals surface area contributed by atoms with Gasteiger partial charge in [-0.15, -0.1) is 0 Å². The summed E-state index contributed by atoms with van der Waals surface area (Å²) in [5.74, 6) is -1.22. The predicted octanol–water partition coefficient (Wildman–Crippen LogP) is 0.865. The standard InChI is InChI=1S/C10H16O5/c1-3-13-10(14-4-2)7-5-8(11)15-9(12)6-7/h7,10H,3-6H2,1-2H3. The molecule has 0 atom stereocenters. The molecule has 5 nitrogen and oxygen atoms in total. The zero-order valence-electron chi connectivity index (χ0n) is 9.02. The van der Waals surface area contributed by atoms with Gasteiger partial charge in [-0.1, -0.05) is 0 Å². The third-order valence-electron chi connectivity index (χ3n) is 2.13. The number of carbonyl (C=O) groups excluding carboxylic acids is 2. The molecule has 1 heterocycles. The van der Waals surface area contributed by atoms with Gasteiger partial charge in [0.2, 0.25) is 0 Å². The van der Waals surface area contributed by atoms with Crippen LogP contribution < -0.4 is 0 Å². The van der Waals surface area contributed by atoms with Gasteiger partial charge in [0, 0.05) is 19.1 Å². The third kappa shape index (κ3) is 3.60. The second kappa shape index (κ2) is 5.82. The normalized spacial score (nSPS) is 18.3. The lowest BCUT2D eigenvalue weighted by Gasteiger charge is -2.27. The van der Waals surface area contributed by atoms with E-state index in [2.05, 4.69) is 4.74 Å². The minimum Gasteiger partial charge on any atom is -0.393 e. The molecule has 1 aliphatic rings. The molecule has 0 amide bonds. The van der Waals surface area contributed by atoms with Crippen LogP contribution >= 0.6 is 0 Å². The van der Waals surface area contributed by atoms with Crippen LogP contribution in [0.25, 0.3) is 0 Å². The van der Waals surface area contributed by atoms with Crippen LogP contribution in [-0.4, -0.2) is 31.4 Å². The number of carbonyl (C=O) groups is 2. The summed E-state index contributed by atoms with van der Waals surface area (Å²) in [6, 6.07) is 0. The average molecular weight is 216 g/mol. The molecule has 1 saturated heterocycles. The fourth-order valence-corrected chi connectivity index (χ4v) is 1.55. The second-order valence-electron chi connectivity index (χ2n) is 3.29. The molecule has 0 aliphatic carbocycles. The second-order valence-corrected chi connectivity index (χ2v) is 3.29. The highest BCUT2D eigenvalue weighted by atomic mass is 16.7. The number of rotatable bonds is 5. The van der Waals surface area contributed by atoms with E-state index in [0.29, 0.717) is 13.2 Å². The summed E-state index contributed by atoms with van der Waals surface area (Å²) in [5, 5.41) is 0. The van der Waals surface area contributed by atoms with E-state index in [1.807, 2.05) is 13.8 Å². The van der Waals surface area contributed by atoms with Gasteiger partial charge in [-0.2, -0.15) is 0 Å². The highest BCUT2D eigenvalue weighted by molar-refractivity contribution is 5.88. The summed E-state index contributed by atoms with van der Waals surface area (Å²) in [5.41, 5.74) is 0. The third-order valence-corrected chi connectivity index (χ3v) is 2.13. The van der Waals surface area contributed by atoms with Gasteiger partial charge in [0.1, 0.15) is 0 Å². The average Bonchev–Trinajstić information content (AvgIpc) is 2.16. The van der Waals surface area contributed by atoms with Crippen molar-refractivity contribution in [3.05, 3.63) is 0 Å². The maximum atomic E-state index is 11.0. The summed E-state index contributed by atoms with van der Waals surface area (Å²) in [4.78, 5) is 22.1. The molecule has 15 heavy (non-hydrogen) atoms. The van der Waals surface area contributed by atoms with Gasteiger partial charge in [-0.3, -0.25) is 9.59 Å². The fourth-order valence-electron chi connectivity index (χ4n) is 1.55. The van der Waals surface area contributed by atoms with E-state index < -0.39 is 18.2 Å². The maximum Gasteiger partial charge on any atom is 0.313 e. The molecule has 0 unspecified atom stereocenters. The number of cyclic esters (lactones) is 2. The first-order valence-corrected chi connectivity index (χ1v) is 5.14. The highest BCUT2D eigenvalue weighted by Crippen LogP contribution is 2.23. The number of hydrogen-bond acceptors (Lipinski definition) is 5. The maximum absolute atomic E-state index is 11.0. The van der Waals surface area contributed by atoms with Crippen molar-refractivity contribution in [2.24, 2.45) is 5.92 Å². The van der Waals surface area contributed by atoms with E-state index in [4.69, 9.17) is 9.47 Å². The fraction of sp³-hybridized carbons (Fsp3) is 0.800. The molecule has 0 bridgehead atoms. The Morgan fingerprint density at radius 1 is 1.20 bits per heavy atom. The molecule has 5 heteroatoms. The van der Waals surface area contributed by atoms with Crippen molar-refractivity contribution in [3.63, 3.8) is 0 Å². The van der Waals surface area contributed by atoms with Crippen molar-refractivity contribution >= 4 is 11.9 Å². The lowest BCUT2D eigenvalue weighted by atomic mass is 9.99.